The second kappa shape index (κ2) is 10.4. The van der Waals surface area contributed by atoms with Gasteiger partial charge in [-0.05, 0) is 50.3 Å². The van der Waals surface area contributed by atoms with Crippen LogP contribution in [0.25, 0.3) is 11.4 Å². The summed E-state index contributed by atoms with van der Waals surface area (Å²) in [7, 11) is 2.99. The van der Waals surface area contributed by atoms with Gasteiger partial charge in [0.15, 0.2) is 11.0 Å². The third-order valence-electron chi connectivity index (χ3n) is 5.51. The number of amides is 1. The molecule has 0 aliphatic heterocycles. The van der Waals surface area contributed by atoms with Gasteiger partial charge in [-0.1, -0.05) is 23.9 Å². The molecule has 0 fully saturated rings. The first-order valence-corrected chi connectivity index (χ1v) is 12.6. The van der Waals surface area contributed by atoms with Gasteiger partial charge in [-0.2, -0.15) is 0 Å². The summed E-state index contributed by atoms with van der Waals surface area (Å²) < 4.78 is 12.3. The number of hydrogen-bond acceptors (Lipinski definition) is 8. The molecule has 0 unspecified atom stereocenters. The van der Waals surface area contributed by atoms with E-state index in [2.05, 4.69) is 15.5 Å². The van der Waals surface area contributed by atoms with Crippen LogP contribution in [0, 0.1) is 0 Å². The number of thiophene rings is 1. The molecule has 1 aliphatic rings. The van der Waals surface area contributed by atoms with Crippen LogP contribution in [0.4, 0.5) is 5.00 Å². The average molecular weight is 487 g/mol. The summed E-state index contributed by atoms with van der Waals surface area (Å²) in [5.41, 5.74) is 2.43. The number of methoxy groups -OCH3 is 2. The summed E-state index contributed by atoms with van der Waals surface area (Å²) in [5.74, 6) is 1.02. The number of carbonyl (C=O) groups is 2. The molecule has 2 heterocycles. The zero-order valence-electron chi connectivity index (χ0n) is 18.8. The summed E-state index contributed by atoms with van der Waals surface area (Å²) in [6.07, 6.45) is 3.91. The molecule has 1 aromatic carbocycles. The summed E-state index contributed by atoms with van der Waals surface area (Å²) in [6.45, 7) is 2.67. The second-order valence-corrected chi connectivity index (χ2v) is 9.57. The Hall–Kier alpha value is -2.85. The maximum Gasteiger partial charge on any atom is 0.341 e. The normalized spacial score (nSPS) is 12.8. The van der Waals surface area contributed by atoms with Gasteiger partial charge in [-0.25, -0.2) is 4.79 Å². The fourth-order valence-electron chi connectivity index (χ4n) is 3.92. The molecule has 8 nitrogen and oxygen atoms in total. The van der Waals surface area contributed by atoms with Gasteiger partial charge in [0, 0.05) is 17.0 Å². The molecule has 0 spiro atoms. The highest BCUT2D eigenvalue weighted by atomic mass is 32.2. The number of nitrogens with one attached hydrogen (secondary N) is 1. The van der Waals surface area contributed by atoms with Gasteiger partial charge in [-0.15, -0.1) is 21.5 Å². The molecule has 3 aromatic rings. The monoisotopic (exact) mass is 486 g/mol. The third kappa shape index (κ3) is 4.91. The lowest BCUT2D eigenvalue weighted by Gasteiger charge is -2.11. The van der Waals surface area contributed by atoms with E-state index in [1.54, 1.807) is 7.11 Å². The van der Waals surface area contributed by atoms with E-state index in [0.29, 0.717) is 22.3 Å². The topological polar surface area (TPSA) is 95.3 Å². The van der Waals surface area contributed by atoms with E-state index in [4.69, 9.17) is 9.47 Å². The highest BCUT2D eigenvalue weighted by molar-refractivity contribution is 7.99. The van der Waals surface area contributed by atoms with Crippen molar-refractivity contribution in [2.45, 2.75) is 44.3 Å². The molecule has 2 aromatic heterocycles. The van der Waals surface area contributed by atoms with Crippen molar-refractivity contribution in [3.05, 3.63) is 40.3 Å². The number of nitrogens with zero attached hydrogens (tertiary/aromatic N) is 3. The number of hydrogen-bond donors (Lipinski definition) is 1. The molecule has 174 valence electrons. The molecule has 10 heteroatoms. The third-order valence-corrected chi connectivity index (χ3v) is 7.68. The quantitative estimate of drug-likeness (QED) is 0.372. The summed E-state index contributed by atoms with van der Waals surface area (Å²) in [6, 6.07) is 7.64. The first kappa shape index (κ1) is 23.3. The number of esters is 1. The van der Waals surface area contributed by atoms with Gasteiger partial charge in [0.05, 0.1) is 25.5 Å². The van der Waals surface area contributed by atoms with Crippen LogP contribution in [0.1, 0.15) is 40.6 Å². The molecule has 0 radical (unpaired) electrons. The molecule has 33 heavy (non-hydrogen) atoms. The van der Waals surface area contributed by atoms with Gasteiger partial charge in [0.1, 0.15) is 10.8 Å². The highest BCUT2D eigenvalue weighted by Gasteiger charge is 2.27. The van der Waals surface area contributed by atoms with Gasteiger partial charge >= 0.3 is 5.97 Å². The average Bonchev–Trinajstić information content (AvgIpc) is 3.42. The standard InChI is InChI=1S/C23H26N4O4S2/c1-4-27-20(14-8-7-9-15(12-14)30-2)25-26-23(27)32-13-18(28)24-21-19(22(29)31-3)16-10-5-6-11-17(16)33-21/h7-9,12H,4-6,10-11,13H2,1-3H3,(H,24,28). The van der Waals surface area contributed by atoms with E-state index >= 15 is 0 Å². The molecule has 1 N–H and O–H groups in total. The van der Waals surface area contributed by atoms with Crippen LogP contribution in [-0.4, -0.2) is 46.6 Å². The lowest BCUT2D eigenvalue weighted by molar-refractivity contribution is -0.113. The lowest BCUT2D eigenvalue weighted by Crippen LogP contribution is -2.17. The molecule has 0 saturated heterocycles. The van der Waals surface area contributed by atoms with Crippen LogP contribution in [0.5, 0.6) is 5.75 Å². The Balaban J connectivity index is 1.48. The maximum absolute atomic E-state index is 12.8. The molecule has 0 bridgehead atoms. The minimum absolute atomic E-state index is 0.152. The van der Waals surface area contributed by atoms with E-state index in [1.807, 2.05) is 35.8 Å². The minimum Gasteiger partial charge on any atom is -0.497 e. The molecular formula is C23H26N4O4S2. The zero-order valence-corrected chi connectivity index (χ0v) is 20.5. The van der Waals surface area contributed by atoms with E-state index in [9.17, 15) is 9.59 Å². The number of fused-ring (bicyclic) bond motifs is 1. The molecule has 1 amide bonds. The summed E-state index contributed by atoms with van der Waals surface area (Å²) in [5, 5.41) is 12.8. The predicted molar refractivity (Wildman–Crippen MR) is 129 cm³/mol. The minimum atomic E-state index is -0.397. The lowest BCUT2D eigenvalue weighted by atomic mass is 9.95. The summed E-state index contributed by atoms with van der Waals surface area (Å²) in [4.78, 5) is 26.3. The Bertz CT molecular complexity index is 1170. The maximum atomic E-state index is 12.8. The number of ether oxygens (including phenoxy) is 2. The van der Waals surface area contributed by atoms with Crippen molar-refractivity contribution in [1.29, 1.82) is 0 Å². The Morgan fingerprint density at radius 2 is 2.03 bits per heavy atom. The van der Waals surface area contributed by atoms with Crippen molar-refractivity contribution >= 4 is 40.0 Å². The molecular weight excluding hydrogens is 460 g/mol. The molecule has 4 rings (SSSR count). The SMILES string of the molecule is CCn1c(SCC(=O)Nc2sc3c(c2C(=O)OC)CCCC3)nnc1-c1cccc(OC)c1. The Kier molecular flexibility index (Phi) is 7.34. The van der Waals surface area contributed by atoms with Crippen molar-refractivity contribution < 1.29 is 19.1 Å². The van der Waals surface area contributed by atoms with Crippen molar-refractivity contribution in [3.63, 3.8) is 0 Å². The van der Waals surface area contributed by atoms with Crippen molar-refractivity contribution in [3.8, 4) is 17.1 Å². The fraction of sp³-hybridized carbons (Fsp3) is 0.391. The number of aryl methyl sites for hydroxylation is 1. The van der Waals surface area contributed by atoms with Gasteiger partial charge < -0.3 is 19.4 Å². The van der Waals surface area contributed by atoms with Gasteiger partial charge in [0.25, 0.3) is 0 Å². The van der Waals surface area contributed by atoms with Crippen molar-refractivity contribution in [1.82, 2.24) is 14.8 Å². The Morgan fingerprint density at radius 1 is 1.21 bits per heavy atom. The van der Waals surface area contributed by atoms with E-state index in [-0.39, 0.29) is 11.7 Å². The van der Waals surface area contributed by atoms with Crippen LogP contribution in [0.15, 0.2) is 29.4 Å². The zero-order chi connectivity index (χ0) is 23.4. The van der Waals surface area contributed by atoms with E-state index < -0.39 is 5.97 Å². The van der Waals surface area contributed by atoms with Crippen LogP contribution in [0.2, 0.25) is 0 Å². The first-order chi connectivity index (χ1) is 16.0. The van der Waals surface area contributed by atoms with Crippen molar-refractivity contribution in [2.75, 3.05) is 25.3 Å². The number of anilines is 1. The number of benzene rings is 1. The van der Waals surface area contributed by atoms with Crippen molar-refractivity contribution in [2.24, 2.45) is 0 Å². The molecule has 0 atom stereocenters. The number of carbonyl (C=O) groups excluding carboxylic acids is 2. The Labute approximate surface area is 200 Å². The molecule has 1 aliphatic carbocycles. The predicted octanol–water partition coefficient (Wildman–Crippen LogP) is 4.43. The first-order valence-electron chi connectivity index (χ1n) is 10.8. The fourth-order valence-corrected chi connectivity index (χ4v) is 6.02. The largest absolute Gasteiger partial charge is 0.497 e. The number of rotatable bonds is 8. The smallest absolute Gasteiger partial charge is 0.341 e. The van der Waals surface area contributed by atoms with Crippen LogP contribution >= 0.6 is 23.1 Å². The van der Waals surface area contributed by atoms with Gasteiger partial charge in [-0.3, -0.25) is 4.79 Å². The number of thioether (sulfide) groups is 1. The van der Waals surface area contributed by atoms with Crippen LogP contribution in [0.3, 0.4) is 0 Å². The highest BCUT2D eigenvalue weighted by Crippen LogP contribution is 2.38. The second-order valence-electron chi connectivity index (χ2n) is 7.53. The summed E-state index contributed by atoms with van der Waals surface area (Å²) >= 11 is 2.79. The number of aromatic nitrogens is 3. The molecule has 0 saturated carbocycles. The van der Waals surface area contributed by atoms with Crippen LogP contribution < -0.4 is 10.1 Å². The van der Waals surface area contributed by atoms with Crippen LogP contribution in [-0.2, 0) is 28.9 Å². The Morgan fingerprint density at radius 3 is 2.79 bits per heavy atom. The van der Waals surface area contributed by atoms with E-state index in [1.165, 1.54) is 35.1 Å². The van der Waals surface area contributed by atoms with Gasteiger partial charge in [0.2, 0.25) is 5.91 Å². The van der Waals surface area contributed by atoms with E-state index in [0.717, 1.165) is 48.4 Å².